The molecule has 2 heterocycles. The average Bonchev–Trinajstić information content (AvgIpc) is 2.75. The number of nitrogens with zero attached hydrogens (tertiary/aromatic N) is 3. The molecule has 2 aromatic rings. The van der Waals surface area contributed by atoms with Gasteiger partial charge in [0.25, 0.3) is 5.56 Å². The molecule has 0 aliphatic carbocycles. The van der Waals surface area contributed by atoms with E-state index >= 15 is 0 Å². The van der Waals surface area contributed by atoms with E-state index in [9.17, 15) is 9.59 Å². The van der Waals surface area contributed by atoms with Crippen LogP contribution in [0.1, 0.15) is 12.6 Å². The second-order valence-corrected chi connectivity index (χ2v) is 6.54. The lowest BCUT2D eigenvalue weighted by Gasteiger charge is -2.29. The van der Waals surface area contributed by atoms with E-state index in [2.05, 4.69) is 10.3 Å². The van der Waals surface area contributed by atoms with Crippen molar-refractivity contribution in [2.45, 2.75) is 19.9 Å². The maximum atomic E-state index is 12.8. The van der Waals surface area contributed by atoms with E-state index in [0.29, 0.717) is 61.6 Å². The predicted octanol–water partition coefficient (Wildman–Crippen LogP) is 1.30. The fourth-order valence-corrected chi connectivity index (χ4v) is 3.12. The lowest BCUT2D eigenvalue weighted by Crippen LogP contribution is -2.42. The van der Waals surface area contributed by atoms with Gasteiger partial charge >= 0.3 is 0 Å². The topological polar surface area (TPSA) is 94.9 Å². The van der Waals surface area contributed by atoms with E-state index in [0.717, 1.165) is 0 Å². The van der Waals surface area contributed by atoms with E-state index in [1.54, 1.807) is 25.3 Å². The smallest absolute Gasteiger partial charge is 0.255 e. The molecular weight excluding hydrogens is 376 g/mol. The standard InChI is InChI=1S/C20H26N4O5/c1-4-14-11-19(26)24(20(21-14)23-7-9-29-10-8-23)13-18(25)22-16-12-15(27-2)5-6-17(16)28-3/h5-6,11-12H,4,7-10,13H2,1-3H3,(H,22,25). The number of anilines is 2. The lowest BCUT2D eigenvalue weighted by atomic mass is 10.2. The van der Waals surface area contributed by atoms with Crippen LogP contribution in [0.15, 0.2) is 29.1 Å². The van der Waals surface area contributed by atoms with Crippen molar-refractivity contribution in [2.75, 3.05) is 50.7 Å². The number of benzene rings is 1. The summed E-state index contributed by atoms with van der Waals surface area (Å²) < 4.78 is 17.3. The first-order valence-electron chi connectivity index (χ1n) is 9.51. The van der Waals surface area contributed by atoms with Gasteiger partial charge in [0.05, 0.1) is 33.1 Å². The molecule has 0 saturated carbocycles. The molecule has 9 nitrogen and oxygen atoms in total. The van der Waals surface area contributed by atoms with Gasteiger partial charge in [-0.1, -0.05) is 6.92 Å². The fourth-order valence-electron chi connectivity index (χ4n) is 3.12. The Morgan fingerprint density at radius 3 is 2.62 bits per heavy atom. The Morgan fingerprint density at radius 1 is 1.21 bits per heavy atom. The number of hydrogen-bond donors (Lipinski definition) is 1. The monoisotopic (exact) mass is 402 g/mol. The summed E-state index contributed by atoms with van der Waals surface area (Å²) in [4.78, 5) is 32.0. The van der Waals surface area contributed by atoms with Crippen LogP contribution in [0, 0.1) is 0 Å². The minimum absolute atomic E-state index is 0.164. The molecule has 9 heteroatoms. The molecule has 0 bridgehead atoms. The van der Waals surface area contributed by atoms with Crippen molar-refractivity contribution in [2.24, 2.45) is 0 Å². The normalized spacial score (nSPS) is 13.8. The third-order valence-electron chi connectivity index (χ3n) is 4.68. The highest BCUT2D eigenvalue weighted by molar-refractivity contribution is 5.92. The van der Waals surface area contributed by atoms with Crippen LogP contribution < -0.4 is 25.2 Å². The Hall–Kier alpha value is -3.07. The van der Waals surface area contributed by atoms with Gasteiger partial charge in [0.15, 0.2) is 0 Å². The highest BCUT2D eigenvalue weighted by Crippen LogP contribution is 2.29. The Kier molecular flexibility index (Phi) is 6.71. The van der Waals surface area contributed by atoms with Crippen LogP contribution in [0.25, 0.3) is 0 Å². The summed E-state index contributed by atoms with van der Waals surface area (Å²) in [6, 6.07) is 6.59. The molecule has 1 saturated heterocycles. The molecule has 1 aliphatic rings. The minimum atomic E-state index is -0.362. The van der Waals surface area contributed by atoms with E-state index in [4.69, 9.17) is 14.2 Å². The van der Waals surface area contributed by atoms with Crippen LogP contribution in [0.4, 0.5) is 11.6 Å². The SMILES string of the molecule is CCc1cc(=O)n(CC(=O)Nc2cc(OC)ccc2OC)c(N2CCOCC2)n1. The second-order valence-electron chi connectivity index (χ2n) is 6.54. The zero-order chi connectivity index (χ0) is 20.8. The number of ether oxygens (including phenoxy) is 3. The Morgan fingerprint density at radius 2 is 1.97 bits per heavy atom. The minimum Gasteiger partial charge on any atom is -0.497 e. The maximum Gasteiger partial charge on any atom is 0.255 e. The van der Waals surface area contributed by atoms with Gasteiger partial charge in [0.1, 0.15) is 18.0 Å². The highest BCUT2D eigenvalue weighted by atomic mass is 16.5. The van der Waals surface area contributed by atoms with E-state index in [1.807, 2.05) is 11.8 Å². The van der Waals surface area contributed by atoms with Crippen molar-refractivity contribution in [3.8, 4) is 11.5 Å². The number of nitrogens with one attached hydrogen (secondary N) is 1. The molecule has 0 radical (unpaired) electrons. The summed E-state index contributed by atoms with van der Waals surface area (Å²) >= 11 is 0. The van der Waals surface area contributed by atoms with Crippen molar-refractivity contribution in [1.82, 2.24) is 9.55 Å². The molecule has 1 aromatic carbocycles. The molecule has 1 amide bonds. The molecule has 3 rings (SSSR count). The van der Waals surface area contributed by atoms with Gasteiger partial charge in [-0.05, 0) is 18.6 Å². The fraction of sp³-hybridized carbons (Fsp3) is 0.450. The zero-order valence-corrected chi connectivity index (χ0v) is 16.9. The second kappa shape index (κ2) is 9.42. The molecule has 0 atom stereocenters. The largest absolute Gasteiger partial charge is 0.497 e. The van der Waals surface area contributed by atoms with Crippen molar-refractivity contribution >= 4 is 17.5 Å². The molecule has 1 N–H and O–H groups in total. The van der Waals surface area contributed by atoms with Crippen molar-refractivity contribution < 1.29 is 19.0 Å². The third-order valence-corrected chi connectivity index (χ3v) is 4.68. The number of morpholine rings is 1. The quantitative estimate of drug-likeness (QED) is 0.746. The first-order chi connectivity index (χ1) is 14.0. The number of hydrogen-bond acceptors (Lipinski definition) is 7. The average molecular weight is 402 g/mol. The number of rotatable bonds is 7. The van der Waals surface area contributed by atoms with Crippen LogP contribution in [0.5, 0.6) is 11.5 Å². The van der Waals surface area contributed by atoms with E-state index < -0.39 is 0 Å². The van der Waals surface area contributed by atoms with Gasteiger partial charge < -0.3 is 24.4 Å². The number of methoxy groups -OCH3 is 2. The molecule has 1 fully saturated rings. The molecule has 1 aromatic heterocycles. The Labute approximate surface area is 169 Å². The summed E-state index contributed by atoms with van der Waals surface area (Å²) in [5.74, 6) is 1.21. The number of aromatic nitrogens is 2. The molecule has 0 unspecified atom stereocenters. The van der Waals surface area contributed by atoms with Crippen LogP contribution in [-0.4, -0.2) is 56.0 Å². The lowest BCUT2D eigenvalue weighted by molar-refractivity contribution is -0.116. The van der Waals surface area contributed by atoms with Crippen LogP contribution in [0.3, 0.4) is 0 Å². The van der Waals surface area contributed by atoms with Crippen molar-refractivity contribution in [3.63, 3.8) is 0 Å². The van der Waals surface area contributed by atoms with Crippen molar-refractivity contribution in [1.29, 1.82) is 0 Å². The zero-order valence-electron chi connectivity index (χ0n) is 16.9. The molecule has 0 spiro atoms. The van der Waals surface area contributed by atoms with Crippen LogP contribution in [-0.2, 0) is 22.5 Å². The number of amides is 1. The summed E-state index contributed by atoms with van der Waals surface area (Å²) in [5, 5.41) is 2.80. The van der Waals surface area contributed by atoms with Gasteiger partial charge in [-0.2, -0.15) is 0 Å². The predicted molar refractivity (Wildman–Crippen MR) is 109 cm³/mol. The van der Waals surface area contributed by atoms with Gasteiger partial charge in [-0.3, -0.25) is 14.2 Å². The van der Waals surface area contributed by atoms with Crippen molar-refractivity contribution in [3.05, 3.63) is 40.3 Å². The van der Waals surface area contributed by atoms with Gasteiger partial charge in [-0.25, -0.2) is 4.98 Å². The summed E-state index contributed by atoms with van der Waals surface area (Å²) in [6.07, 6.45) is 0.640. The molecular formula is C20H26N4O5. The molecule has 156 valence electrons. The van der Waals surface area contributed by atoms with Gasteiger partial charge in [-0.15, -0.1) is 0 Å². The third kappa shape index (κ3) is 4.86. The maximum absolute atomic E-state index is 12.8. The van der Waals surface area contributed by atoms with Gasteiger partial charge in [0.2, 0.25) is 11.9 Å². The first-order valence-corrected chi connectivity index (χ1v) is 9.51. The molecule has 29 heavy (non-hydrogen) atoms. The number of aryl methyl sites for hydroxylation is 1. The number of carbonyl (C=O) groups excluding carboxylic acids is 1. The number of carbonyl (C=O) groups is 1. The first kappa shape index (κ1) is 20.7. The van der Waals surface area contributed by atoms with E-state index in [1.165, 1.54) is 17.7 Å². The summed E-state index contributed by atoms with van der Waals surface area (Å²) in [5.41, 5.74) is 0.907. The Balaban J connectivity index is 1.87. The summed E-state index contributed by atoms with van der Waals surface area (Å²) in [7, 11) is 3.06. The van der Waals surface area contributed by atoms with Crippen LogP contribution >= 0.6 is 0 Å². The van der Waals surface area contributed by atoms with Gasteiger partial charge in [0, 0.05) is 30.9 Å². The van der Waals surface area contributed by atoms with Crippen LogP contribution in [0.2, 0.25) is 0 Å². The molecule has 1 aliphatic heterocycles. The van der Waals surface area contributed by atoms with E-state index in [-0.39, 0.29) is 18.0 Å². The highest BCUT2D eigenvalue weighted by Gasteiger charge is 2.20. The Bertz CT molecular complexity index is 922. The summed E-state index contributed by atoms with van der Waals surface area (Å²) in [6.45, 7) is 4.12.